The molecule has 6 heteroatoms. The molecule has 0 amide bonds. The fourth-order valence-corrected chi connectivity index (χ4v) is 2.84. The number of carbonyl (C=O) groups is 1. The number of fused-ring (bicyclic) bond motifs is 1. The molecule has 3 rings (SSSR count). The number of ketones is 1. The summed E-state index contributed by atoms with van der Waals surface area (Å²) in [5.41, 5.74) is 1.34. The predicted octanol–water partition coefficient (Wildman–Crippen LogP) is 4.09. The number of allylic oxidation sites excluding steroid dienone is 1. The molecule has 0 aromatic heterocycles. The Hall–Kier alpha value is -2.47. The zero-order valence-corrected chi connectivity index (χ0v) is 14.8. The number of hydrogen-bond acceptors (Lipinski definition) is 5. The molecule has 5 nitrogen and oxygen atoms in total. The van der Waals surface area contributed by atoms with Crippen LogP contribution in [0, 0.1) is 0 Å². The average molecular weight is 391 g/mol. The SMILES string of the molecule is COc1cc(Br)c(C(=O)/C=C/c2ccc3c(c2)OCO3)cc1OC. The van der Waals surface area contributed by atoms with Gasteiger partial charge in [-0.3, -0.25) is 4.79 Å². The lowest BCUT2D eigenvalue weighted by Crippen LogP contribution is -1.99. The van der Waals surface area contributed by atoms with E-state index in [1.165, 1.54) is 13.2 Å². The second-order valence-corrected chi connectivity index (χ2v) is 5.85. The average Bonchev–Trinajstić information content (AvgIpc) is 3.07. The number of ether oxygens (including phenoxy) is 4. The van der Waals surface area contributed by atoms with Gasteiger partial charge in [0, 0.05) is 10.0 Å². The van der Waals surface area contributed by atoms with Crippen LogP contribution in [0.25, 0.3) is 6.08 Å². The van der Waals surface area contributed by atoms with Crippen molar-refractivity contribution >= 4 is 27.8 Å². The van der Waals surface area contributed by atoms with Crippen LogP contribution in [0.1, 0.15) is 15.9 Å². The van der Waals surface area contributed by atoms with Crippen LogP contribution >= 0.6 is 15.9 Å². The van der Waals surface area contributed by atoms with Gasteiger partial charge in [0.15, 0.2) is 28.8 Å². The molecule has 0 radical (unpaired) electrons. The Morgan fingerprint density at radius 1 is 1.08 bits per heavy atom. The molecule has 0 N–H and O–H groups in total. The van der Waals surface area contributed by atoms with E-state index in [0.29, 0.717) is 33.0 Å². The second-order valence-electron chi connectivity index (χ2n) is 5.00. The maximum atomic E-state index is 12.5. The van der Waals surface area contributed by atoms with Crippen molar-refractivity contribution in [1.82, 2.24) is 0 Å². The first-order valence-electron chi connectivity index (χ1n) is 7.16. The Balaban J connectivity index is 1.84. The van der Waals surface area contributed by atoms with E-state index in [4.69, 9.17) is 18.9 Å². The van der Waals surface area contributed by atoms with Crippen molar-refractivity contribution < 1.29 is 23.7 Å². The largest absolute Gasteiger partial charge is 0.493 e. The molecule has 0 saturated heterocycles. The highest BCUT2D eigenvalue weighted by Crippen LogP contribution is 2.34. The molecule has 0 atom stereocenters. The van der Waals surface area contributed by atoms with Gasteiger partial charge in [0.2, 0.25) is 6.79 Å². The number of rotatable bonds is 5. The predicted molar refractivity (Wildman–Crippen MR) is 93.2 cm³/mol. The fourth-order valence-electron chi connectivity index (χ4n) is 2.32. The fraction of sp³-hybridized carbons (Fsp3) is 0.167. The minimum Gasteiger partial charge on any atom is -0.493 e. The summed E-state index contributed by atoms with van der Waals surface area (Å²) in [6.45, 7) is 0.222. The standard InChI is InChI=1S/C18H15BrO5/c1-21-16-8-12(13(19)9-17(16)22-2)14(20)5-3-11-4-6-15-18(7-11)24-10-23-15/h3-9H,10H2,1-2H3/b5-3+. The highest BCUT2D eigenvalue weighted by Gasteiger charge is 2.15. The Kier molecular flexibility index (Phi) is 4.76. The van der Waals surface area contributed by atoms with Crippen LogP contribution in [0.3, 0.4) is 0 Å². The third kappa shape index (κ3) is 3.23. The zero-order chi connectivity index (χ0) is 17.1. The molecular formula is C18H15BrO5. The van der Waals surface area contributed by atoms with E-state index in [1.54, 1.807) is 25.3 Å². The first-order chi connectivity index (χ1) is 11.6. The topological polar surface area (TPSA) is 54.0 Å². The van der Waals surface area contributed by atoms with Gasteiger partial charge in [-0.1, -0.05) is 12.1 Å². The van der Waals surface area contributed by atoms with Crippen molar-refractivity contribution in [1.29, 1.82) is 0 Å². The summed E-state index contributed by atoms with van der Waals surface area (Å²) >= 11 is 3.39. The summed E-state index contributed by atoms with van der Waals surface area (Å²) in [5, 5.41) is 0. The van der Waals surface area contributed by atoms with Crippen LogP contribution in [0.5, 0.6) is 23.0 Å². The Bertz CT molecular complexity index is 813. The maximum Gasteiger partial charge on any atom is 0.231 e. The van der Waals surface area contributed by atoms with Crippen LogP contribution in [0.15, 0.2) is 40.9 Å². The molecule has 2 aromatic carbocycles. The van der Waals surface area contributed by atoms with Gasteiger partial charge in [-0.25, -0.2) is 0 Å². The van der Waals surface area contributed by atoms with E-state index >= 15 is 0 Å². The molecule has 0 fully saturated rings. The van der Waals surface area contributed by atoms with Crippen LogP contribution in [-0.4, -0.2) is 26.8 Å². The highest BCUT2D eigenvalue weighted by atomic mass is 79.9. The molecule has 1 heterocycles. The molecule has 1 aliphatic heterocycles. The molecule has 1 aliphatic rings. The summed E-state index contributed by atoms with van der Waals surface area (Å²) in [6.07, 6.45) is 3.23. The van der Waals surface area contributed by atoms with E-state index in [2.05, 4.69) is 15.9 Å². The molecule has 0 unspecified atom stereocenters. The van der Waals surface area contributed by atoms with Gasteiger partial charge in [0.05, 0.1) is 14.2 Å². The van der Waals surface area contributed by atoms with E-state index < -0.39 is 0 Å². The summed E-state index contributed by atoms with van der Waals surface area (Å²) < 4.78 is 21.7. The first kappa shape index (κ1) is 16.4. The Labute approximate surface area is 147 Å². The van der Waals surface area contributed by atoms with Gasteiger partial charge < -0.3 is 18.9 Å². The molecule has 0 aliphatic carbocycles. The lowest BCUT2D eigenvalue weighted by molar-refractivity contribution is 0.104. The van der Waals surface area contributed by atoms with Gasteiger partial charge in [-0.2, -0.15) is 0 Å². The quantitative estimate of drug-likeness (QED) is 0.568. The normalized spacial score (nSPS) is 12.5. The van der Waals surface area contributed by atoms with Crippen LogP contribution in [0.4, 0.5) is 0 Å². The smallest absolute Gasteiger partial charge is 0.231 e. The maximum absolute atomic E-state index is 12.5. The Morgan fingerprint density at radius 3 is 2.54 bits per heavy atom. The molecule has 24 heavy (non-hydrogen) atoms. The number of benzene rings is 2. The number of carbonyl (C=O) groups excluding carboxylic acids is 1. The molecule has 124 valence electrons. The van der Waals surface area contributed by atoms with Crippen LogP contribution in [-0.2, 0) is 0 Å². The van der Waals surface area contributed by atoms with Crippen LogP contribution < -0.4 is 18.9 Å². The number of halogens is 1. The van der Waals surface area contributed by atoms with Gasteiger partial charge in [0.25, 0.3) is 0 Å². The van der Waals surface area contributed by atoms with E-state index in [1.807, 2.05) is 18.2 Å². The van der Waals surface area contributed by atoms with Gasteiger partial charge in [-0.05, 0) is 51.8 Å². The first-order valence-corrected chi connectivity index (χ1v) is 7.95. The van der Waals surface area contributed by atoms with Gasteiger partial charge in [-0.15, -0.1) is 0 Å². The van der Waals surface area contributed by atoms with Crippen molar-refractivity contribution in [3.8, 4) is 23.0 Å². The van der Waals surface area contributed by atoms with Crippen molar-refractivity contribution in [2.24, 2.45) is 0 Å². The monoisotopic (exact) mass is 390 g/mol. The van der Waals surface area contributed by atoms with E-state index in [0.717, 1.165) is 5.56 Å². The highest BCUT2D eigenvalue weighted by molar-refractivity contribution is 9.10. The summed E-state index contributed by atoms with van der Waals surface area (Å²) in [5.74, 6) is 2.29. The van der Waals surface area contributed by atoms with Crippen LogP contribution in [0.2, 0.25) is 0 Å². The number of methoxy groups -OCH3 is 2. The third-order valence-electron chi connectivity index (χ3n) is 3.56. The third-order valence-corrected chi connectivity index (χ3v) is 4.22. The zero-order valence-electron chi connectivity index (χ0n) is 13.2. The summed E-state index contributed by atoms with van der Waals surface area (Å²) in [6, 6.07) is 8.87. The molecule has 0 bridgehead atoms. The van der Waals surface area contributed by atoms with Crippen molar-refractivity contribution in [2.45, 2.75) is 0 Å². The minimum absolute atomic E-state index is 0.152. The summed E-state index contributed by atoms with van der Waals surface area (Å²) in [7, 11) is 3.08. The van der Waals surface area contributed by atoms with E-state index in [-0.39, 0.29) is 12.6 Å². The lowest BCUT2D eigenvalue weighted by Gasteiger charge is -2.10. The number of hydrogen-bond donors (Lipinski definition) is 0. The molecule has 2 aromatic rings. The van der Waals surface area contributed by atoms with Gasteiger partial charge in [0.1, 0.15) is 0 Å². The summed E-state index contributed by atoms with van der Waals surface area (Å²) in [4.78, 5) is 12.5. The molecular weight excluding hydrogens is 376 g/mol. The Morgan fingerprint density at radius 2 is 1.79 bits per heavy atom. The van der Waals surface area contributed by atoms with Crippen molar-refractivity contribution in [3.05, 3.63) is 52.0 Å². The minimum atomic E-state index is -0.152. The van der Waals surface area contributed by atoms with Crippen molar-refractivity contribution in [3.63, 3.8) is 0 Å². The lowest BCUT2D eigenvalue weighted by atomic mass is 10.1. The second kappa shape index (κ2) is 6.97. The molecule has 0 spiro atoms. The van der Waals surface area contributed by atoms with Gasteiger partial charge >= 0.3 is 0 Å². The molecule has 0 saturated carbocycles. The van der Waals surface area contributed by atoms with Crippen molar-refractivity contribution in [2.75, 3.05) is 21.0 Å². The van der Waals surface area contributed by atoms with E-state index in [9.17, 15) is 4.79 Å².